The molecule has 3 nitrogen and oxygen atoms in total. The van der Waals surface area contributed by atoms with Crippen LogP contribution in [0.5, 0.6) is 0 Å². The fourth-order valence-electron chi connectivity index (χ4n) is 0.714. The number of rotatable bonds is 5. The Labute approximate surface area is 61.0 Å². The Hall–Kier alpha value is -0.570. The molecule has 0 saturated heterocycles. The highest BCUT2D eigenvalue weighted by molar-refractivity contribution is 5.68. The van der Waals surface area contributed by atoms with Crippen LogP contribution < -0.4 is 0 Å². The van der Waals surface area contributed by atoms with E-state index >= 15 is 0 Å². The van der Waals surface area contributed by atoms with E-state index in [-0.39, 0.29) is 12.7 Å². The van der Waals surface area contributed by atoms with Crippen LogP contribution in [0.2, 0.25) is 0 Å². The van der Waals surface area contributed by atoms with Crippen molar-refractivity contribution < 1.29 is 14.6 Å². The molecule has 0 unspecified atom stereocenters. The van der Waals surface area contributed by atoms with Crippen LogP contribution in [0.4, 0.5) is 0 Å². The number of hydrogen-bond donors (Lipinski definition) is 1. The summed E-state index contributed by atoms with van der Waals surface area (Å²) in [5.41, 5.74) is 0. The zero-order valence-corrected chi connectivity index (χ0v) is 6.46. The lowest BCUT2D eigenvalue weighted by atomic mass is 10.2. The summed E-state index contributed by atoms with van der Waals surface area (Å²) in [6, 6.07) is 0. The maximum atomic E-state index is 10.0. The first-order valence-electron chi connectivity index (χ1n) is 3.54. The third-order valence-electron chi connectivity index (χ3n) is 1.35. The monoisotopic (exact) mass is 146 g/mol. The normalized spacial score (nSPS) is 10.3. The lowest BCUT2D eigenvalue weighted by molar-refractivity contribution is -0.144. The molecule has 0 aromatic rings. The topological polar surface area (TPSA) is 46.5 Å². The molecule has 1 N–H and O–H groups in total. The SMILES string of the molecule is CCC(CC)OCC(=O)O. The molecule has 0 aliphatic rings. The molecule has 0 rings (SSSR count). The molecule has 60 valence electrons. The summed E-state index contributed by atoms with van der Waals surface area (Å²) in [5.74, 6) is -0.896. The fraction of sp³-hybridized carbons (Fsp3) is 0.857. The minimum atomic E-state index is -0.896. The van der Waals surface area contributed by atoms with E-state index in [4.69, 9.17) is 9.84 Å². The van der Waals surface area contributed by atoms with Gasteiger partial charge in [-0.2, -0.15) is 0 Å². The second-order valence-electron chi connectivity index (χ2n) is 2.14. The predicted octanol–water partition coefficient (Wildman–Crippen LogP) is 1.28. The number of carboxylic acid groups (broad SMARTS) is 1. The predicted molar refractivity (Wildman–Crippen MR) is 38.0 cm³/mol. The molecule has 0 aromatic heterocycles. The lowest BCUT2D eigenvalue weighted by Crippen LogP contribution is -2.16. The molecular formula is C7H14O3. The van der Waals surface area contributed by atoms with E-state index in [0.29, 0.717) is 0 Å². The van der Waals surface area contributed by atoms with E-state index in [9.17, 15) is 4.79 Å². The van der Waals surface area contributed by atoms with E-state index in [1.54, 1.807) is 0 Å². The highest BCUT2D eigenvalue weighted by Gasteiger charge is 2.04. The quantitative estimate of drug-likeness (QED) is 0.635. The lowest BCUT2D eigenvalue weighted by Gasteiger charge is -2.10. The molecule has 0 aromatic carbocycles. The van der Waals surface area contributed by atoms with Crippen molar-refractivity contribution in [3.63, 3.8) is 0 Å². The van der Waals surface area contributed by atoms with Crippen molar-refractivity contribution in [3.05, 3.63) is 0 Å². The number of carbonyl (C=O) groups is 1. The first kappa shape index (κ1) is 9.43. The summed E-state index contributed by atoms with van der Waals surface area (Å²) in [7, 11) is 0. The molecular weight excluding hydrogens is 132 g/mol. The maximum Gasteiger partial charge on any atom is 0.329 e. The van der Waals surface area contributed by atoms with Gasteiger partial charge in [-0.15, -0.1) is 0 Å². The molecule has 0 saturated carbocycles. The van der Waals surface area contributed by atoms with E-state index in [1.807, 2.05) is 13.8 Å². The summed E-state index contributed by atoms with van der Waals surface area (Å²) in [4.78, 5) is 10.0. The van der Waals surface area contributed by atoms with Gasteiger partial charge in [0.2, 0.25) is 0 Å². The van der Waals surface area contributed by atoms with Gasteiger partial charge in [0.05, 0.1) is 6.10 Å². The Morgan fingerprint density at radius 3 is 2.30 bits per heavy atom. The van der Waals surface area contributed by atoms with Crippen LogP contribution >= 0.6 is 0 Å². The van der Waals surface area contributed by atoms with Gasteiger partial charge < -0.3 is 9.84 Å². The van der Waals surface area contributed by atoms with Crippen LogP contribution in [0.25, 0.3) is 0 Å². The number of ether oxygens (including phenoxy) is 1. The average Bonchev–Trinajstić information content (AvgIpc) is 1.90. The molecule has 0 bridgehead atoms. The van der Waals surface area contributed by atoms with Gasteiger partial charge in [-0.05, 0) is 12.8 Å². The van der Waals surface area contributed by atoms with Crippen LogP contribution in [0.15, 0.2) is 0 Å². The molecule has 0 aliphatic heterocycles. The number of aliphatic carboxylic acids is 1. The fourth-order valence-corrected chi connectivity index (χ4v) is 0.714. The molecule has 0 heterocycles. The Morgan fingerprint density at radius 1 is 1.50 bits per heavy atom. The van der Waals surface area contributed by atoms with Crippen molar-refractivity contribution in [1.82, 2.24) is 0 Å². The standard InChI is InChI=1S/C7H14O3/c1-3-6(4-2)10-5-7(8)9/h6H,3-5H2,1-2H3,(H,8,9). The van der Waals surface area contributed by atoms with E-state index in [0.717, 1.165) is 12.8 Å². The highest BCUT2D eigenvalue weighted by Crippen LogP contribution is 2.01. The second-order valence-corrected chi connectivity index (χ2v) is 2.14. The maximum absolute atomic E-state index is 10.0. The number of carboxylic acids is 1. The summed E-state index contributed by atoms with van der Waals surface area (Å²) in [6.07, 6.45) is 1.86. The van der Waals surface area contributed by atoms with Crippen LogP contribution in [0.3, 0.4) is 0 Å². The number of hydrogen-bond acceptors (Lipinski definition) is 2. The van der Waals surface area contributed by atoms with E-state index < -0.39 is 5.97 Å². The van der Waals surface area contributed by atoms with Gasteiger partial charge in [0.25, 0.3) is 0 Å². The summed E-state index contributed by atoms with van der Waals surface area (Å²) in [6.45, 7) is 3.79. The first-order chi connectivity index (χ1) is 4.70. The molecule has 0 radical (unpaired) electrons. The van der Waals surface area contributed by atoms with Crippen molar-refractivity contribution in [3.8, 4) is 0 Å². The molecule has 0 amide bonds. The van der Waals surface area contributed by atoms with Gasteiger partial charge in [0.1, 0.15) is 6.61 Å². The largest absolute Gasteiger partial charge is 0.480 e. The minimum absolute atomic E-state index is 0.107. The zero-order valence-electron chi connectivity index (χ0n) is 6.46. The highest BCUT2D eigenvalue weighted by atomic mass is 16.5. The summed E-state index contributed by atoms with van der Waals surface area (Å²) < 4.78 is 5.00. The molecule has 0 aliphatic carbocycles. The third-order valence-corrected chi connectivity index (χ3v) is 1.35. The molecule has 3 heteroatoms. The Balaban J connectivity index is 3.34. The van der Waals surface area contributed by atoms with Crippen molar-refractivity contribution in [2.75, 3.05) is 6.61 Å². The molecule has 0 spiro atoms. The summed E-state index contributed by atoms with van der Waals surface area (Å²) in [5, 5.41) is 8.23. The van der Waals surface area contributed by atoms with Crippen molar-refractivity contribution in [1.29, 1.82) is 0 Å². The van der Waals surface area contributed by atoms with E-state index in [2.05, 4.69) is 0 Å². The zero-order chi connectivity index (χ0) is 7.98. The summed E-state index contributed by atoms with van der Waals surface area (Å²) >= 11 is 0. The van der Waals surface area contributed by atoms with Crippen molar-refractivity contribution in [2.45, 2.75) is 32.8 Å². The Morgan fingerprint density at radius 2 is 2.00 bits per heavy atom. The second kappa shape index (κ2) is 5.23. The minimum Gasteiger partial charge on any atom is -0.480 e. The van der Waals surface area contributed by atoms with Gasteiger partial charge in [-0.1, -0.05) is 13.8 Å². The van der Waals surface area contributed by atoms with Gasteiger partial charge in [-0.3, -0.25) is 0 Å². The van der Waals surface area contributed by atoms with Gasteiger partial charge >= 0.3 is 5.97 Å². The van der Waals surface area contributed by atoms with Crippen LogP contribution in [0.1, 0.15) is 26.7 Å². The van der Waals surface area contributed by atoms with Gasteiger partial charge in [0.15, 0.2) is 0 Å². The Bertz CT molecular complexity index is 97.0. The third kappa shape index (κ3) is 4.32. The Kier molecular flexibility index (Phi) is 4.94. The smallest absolute Gasteiger partial charge is 0.329 e. The van der Waals surface area contributed by atoms with Gasteiger partial charge in [-0.25, -0.2) is 4.79 Å². The van der Waals surface area contributed by atoms with E-state index in [1.165, 1.54) is 0 Å². The van der Waals surface area contributed by atoms with Crippen LogP contribution in [0, 0.1) is 0 Å². The first-order valence-corrected chi connectivity index (χ1v) is 3.54. The van der Waals surface area contributed by atoms with Crippen LogP contribution in [-0.2, 0) is 9.53 Å². The average molecular weight is 146 g/mol. The molecule has 0 atom stereocenters. The van der Waals surface area contributed by atoms with Crippen LogP contribution in [-0.4, -0.2) is 23.8 Å². The molecule has 10 heavy (non-hydrogen) atoms. The van der Waals surface area contributed by atoms with Crippen molar-refractivity contribution in [2.24, 2.45) is 0 Å². The van der Waals surface area contributed by atoms with Gasteiger partial charge in [0, 0.05) is 0 Å². The molecule has 0 fully saturated rings. The van der Waals surface area contributed by atoms with Crippen molar-refractivity contribution >= 4 is 5.97 Å².